The molecule has 2 aliphatic heterocycles. The Balaban J connectivity index is 1.38. The highest BCUT2D eigenvalue weighted by molar-refractivity contribution is 6.33. The summed E-state index contributed by atoms with van der Waals surface area (Å²) >= 11 is 6.34. The fraction of sp³-hybridized carbons (Fsp3) is 0.381. The number of carbonyl (C=O) groups is 2. The number of hydrogen-bond donors (Lipinski definition) is 1. The Bertz CT molecular complexity index is 934. The van der Waals surface area contributed by atoms with Gasteiger partial charge in [-0.05, 0) is 30.2 Å². The third-order valence-electron chi connectivity index (χ3n) is 5.28. The van der Waals surface area contributed by atoms with Gasteiger partial charge in [-0.1, -0.05) is 23.7 Å². The average molecular weight is 433 g/mol. The van der Waals surface area contributed by atoms with E-state index in [4.69, 9.17) is 16.3 Å². The number of nitrogens with one attached hydrogen (secondary N) is 1. The number of hydrogen-bond acceptors (Lipinski definition) is 5. The van der Waals surface area contributed by atoms with E-state index in [1.54, 1.807) is 28.0 Å². The van der Waals surface area contributed by atoms with Gasteiger partial charge in [-0.15, -0.1) is 0 Å². The van der Waals surface area contributed by atoms with E-state index in [2.05, 4.69) is 10.3 Å². The first-order valence-electron chi connectivity index (χ1n) is 9.83. The zero-order valence-corrected chi connectivity index (χ0v) is 17.1. The van der Waals surface area contributed by atoms with Gasteiger partial charge < -0.3 is 19.9 Å². The van der Waals surface area contributed by atoms with Crippen molar-refractivity contribution in [3.63, 3.8) is 0 Å². The van der Waals surface area contributed by atoms with Gasteiger partial charge in [0.25, 0.3) is 5.91 Å². The lowest BCUT2D eigenvalue weighted by Crippen LogP contribution is -2.40. The van der Waals surface area contributed by atoms with Crippen LogP contribution in [0.2, 0.25) is 5.02 Å². The zero-order valence-electron chi connectivity index (χ0n) is 16.3. The van der Waals surface area contributed by atoms with Gasteiger partial charge in [0, 0.05) is 32.4 Å². The van der Waals surface area contributed by atoms with Crippen LogP contribution in [-0.2, 0) is 16.1 Å². The van der Waals surface area contributed by atoms with E-state index >= 15 is 0 Å². The summed E-state index contributed by atoms with van der Waals surface area (Å²) < 4.78 is 18.3. The molecule has 0 radical (unpaired) electrons. The lowest BCUT2D eigenvalue weighted by atomic mass is 10.2. The number of benzene rings is 1. The van der Waals surface area contributed by atoms with Gasteiger partial charge in [-0.2, -0.15) is 0 Å². The number of halogens is 2. The van der Waals surface area contributed by atoms with Crippen LogP contribution >= 0.6 is 11.6 Å². The molecule has 2 aromatic rings. The van der Waals surface area contributed by atoms with E-state index in [1.165, 1.54) is 18.3 Å². The standard InChI is InChI=1S/C21H22ClFN4O3/c22-17-11-15(20(28)26-7-9-30-10-8-26)12-24-19(17)25-18-5-6-27(21(18)29)13-14-1-3-16(23)4-2-14/h1-4,11-12,18H,5-10,13H2,(H,24,25). The largest absolute Gasteiger partial charge is 0.378 e. The molecule has 1 aromatic carbocycles. The number of rotatable bonds is 5. The molecule has 7 nitrogen and oxygen atoms in total. The highest BCUT2D eigenvalue weighted by Gasteiger charge is 2.32. The Labute approximate surface area is 178 Å². The predicted octanol–water partition coefficient (Wildman–Crippen LogP) is 2.56. The van der Waals surface area contributed by atoms with Gasteiger partial charge in [-0.25, -0.2) is 9.37 Å². The monoisotopic (exact) mass is 432 g/mol. The number of anilines is 1. The van der Waals surface area contributed by atoms with E-state index < -0.39 is 6.04 Å². The minimum atomic E-state index is -0.448. The van der Waals surface area contributed by atoms with Gasteiger partial charge in [0.1, 0.15) is 17.7 Å². The summed E-state index contributed by atoms with van der Waals surface area (Å²) in [5, 5.41) is 3.38. The van der Waals surface area contributed by atoms with Crippen molar-refractivity contribution in [2.45, 2.75) is 19.0 Å². The lowest BCUT2D eigenvalue weighted by Gasteiger charge is -2.26. The molecule has 1 unspecified atom stereocenters. The Morgan fingerprint density at radius 3 is 2.67 bits per heavy atom. The highest BCUT2D eigenvalue weighted by Crippen LogP contribution is 2.25. The number of amides is 2. The third-order valence-corrected chi connectivity index (χ3v) is 5.57. The van der Waals surface area contributed by atoms with Crippen LogP contribution in [0.3, 0.4) is 0 Å². The SMILES string of the molecule is O=C(c1cnc(NC2CCN(Cc3ccc(F)cc3)C2=O)c(Cl)c1)N1CCOCC1. The first kappa shape index (κ1) is 20.6. The molecule has 2 saturated heterocycles. The lowest BCUT2D eigenvalue weighted by molar-refractivity contribution is -0.128. The normalized spacial score (nSPS) is 19.3. The maximum atomic E-state index is 13.1. The number of nitrogens with zero attached hydrogens (tertiary/aromatic N) is 3. The average Bonchev–Trinajstić information content (AvgIpc) is 3.10. The molecule has 2 amide bonds. The Morgan fingerprint density at radius 2 is 1.97 bits per heavy atom. The van der Waals surface area contributed by atoms with E-state index in [9.17, 15) is 14.0 Å². The van der Waals surface area contributed by atoms with Crippen molar-refractivity contribution in [1.82, 2.24) is 14.8 Å². The molecule has 158 valence electrons. The van der Waals surface area contributed by atoms with E-state index in [-0.39, 0.29) is 17.6 Å². The third kappa shape index (κ3) is 4.55. The minimum Gasteiger partial charge on any atom is -0.378 e. The van der Waals surface area contributed by atoms with E-state index in [1.807, 2.05) is 0 Å². The fourth-order valence-corrected chi connectivity index (χ4v) is 3.84. The van der Waals surface area contributed by atoms with Crippen molar-refractivity contribution in [1.29, 1.82) is 0 Å². The summed E-state index contributed by atoms with van der Waals surface area (Å²) in [5.41, 5.74) is 1.27. The molecular weight excluding hydrogens is 411 g/mol. The summed E-state index contributed by atoms with van der Waals surface area (Å²) in [4.78, 5) is 33.0. The summed E-state index contributed by atoms with van der Waals surface area (Å²) in [6, 6.07) is 7.24. The second-order valence-corrected chi connectivity index (χ2v) is 7.74. The Hall–Kier alpha value is -2.71. The number of carbonyl (C=O) groups excluding carboxylic acids is 2. The highest BCUT2D eigenvalue weighted by atomic mass is 35.5. The molecule has 2 aliphatic rings. The predicted molar refractivity (Wildman–Crippen MR) is 110 cm³/mol. The van der Waals surface area contributed by atoms with Gasteiger partial charge in [0.15, 0.2) is 0 Å². The van der Waals surface area contributed by atoms with E-state index in [0.29, 0.717) is 62.2 Å². The first-order valence-corrected chi connectivity index (χ1v) is 10.2. The molecule has 0 spiro atoms. The van der Waals surface area contributed by atoms with Crippen LogP contribution in [0.15, 0.2) is 36.5 Å². The number of likely N-dealkylation sites (tertiary alicyclic amines) is 1. The number of aromatic nitrogens is 1. The number of pyridine rings is 1. The topological polar surface area (TPSA) is 74.8 Å². The maximum Gasteiger partial charge on any atom is 0.255 e. The smallest absolute Gasteiger partial charge is 0.255 e. The molecule has 1 atom stereocenters. The Morgan fingerprint density at radius 1 is 1.23 bits per heavy atom. The summed E-state index contributed by atoms with van der Waals surface area (Å²) in [6.45, 7) is 3.12. The maximum absolute atomic E-state index is 13.1. The van der Waals surface area contributed by atoms with Crippen molar-refractivity contribution in [2.24, 2.45) is 0 Å². The van der Waals surface area contributed by atoms with Crippen LogP contribution in [0, 0.1) is 5.82 Å². The first-order chi connectivity index (χ1) is 14.5. The second kappa shape index (κ2) is 8.97. The minimum absolute atomic E-state index is 0.0642. The van der Waals surface area contributed by atoms with Gasteiger partial charge in [0.2, 0.25) is 5.91 Å². The van der Waals surface area contributed by atoms with Crippen molar-refractivity contribution >= 4 is 29.2 Å². The molecule has 1 N–H and O–H groups in total. The van der Waals surface area contributed by atoms with Gasteiger partial charge in [-0.3, -0.25) is 9.59 Å². The van der Waals surface area contributed by atoms with Crippen LogP contribution < -0.4 is 5.32 Å². The molecule has 0 aliphatic carbocycles. The Kier molecular flexibility index (Phi) is 6.15. The summed E-state index contributed by atoms with van der Waals surface area (Å²) in [5.74, 6) is -0.133. The molecule has 9 heteroatoms. The molecule has 3 heterocycles. The zero-order chi connectivity index (χ0) is 21.1. The molecule has 1 aromatic heterocycles. The van der Waals surface area contributed by atoms with Crippen molar-refractivity contribution in [2.75, 3.05) is 38.2 Å². The molecule has 4 rings (SSSR count). The van der Waals surface area contributed by atoms with Crippen LogP contribution in [0.4, 0.5) is 10.2 Å². The van der Waals surface area contributed by atoms with Crippen LogP contribution in [-0.4, -0.2) is 65.5 Å². The summed E-state index contributed by atoms with van der Waals surface area (Å²) in [7, 11) is 0. The molecule has 0 bridgehead atoms. The fourth-order valence-electron chi connectivity index (χ4n) is 3.62. The van der Waals surface area contributed by atoms with Crippen LogP contribution in [0.25, 0.3) is 0 Å². The number of morpholine rings is 1. The van der Waals surface area contributed by atoms with Crippen LogP contribution in [0.5, 0.6) is 0 Å². The molecular formula is C21H22ClFN4O3. The quantitative estimate of drug-likeness (QED) is 0.786. The summed E-state index contributed by atoms with van der Waals surface area (Å²) in [6.07, 6.45) is 2.08. The second-order valence-electron chi connectivity index (χ2n) is 7.33. The van der Waals surface area contributed by atoms with Gasteiger partial charge in [0.05, 0.1) is 23.8 Å². The van der Waals surface area contributed by atoms with Crippen molar-refractivity contribution in [3.8, 4) is 0 Å². The van der Waals surface area contributed by atoms with Crippen molar-refractivity contribution < 1.29 is 18.7 Å². The van der Waals surface area contributed by atoms with Gasteiger partial charge >= 0.3 is 0 Å². The van der Waals surface area contributed by atoms with E-state index in [0.717, 1.165) is 5.56 Å². The van der Waals surface area contributed by atoms with Crippen molar-refractivity contribution in [3.05, 3.63) is 58.5 Å². The molecule has 2 fully saturated rings. The van der Waals surface area contributed by atoms with Crippen LogP contribution in [0.1, 0.15) is 22.3 Å². The molecule has 0 saturated carbocycles. The number of ether oxygens (including phenoxy) is 1. The molecule has 30 heavy (non-hydrogen) atoms.